The highest BCUT2D eigenvalue weighted by Crippen LogP contribution is 2.70. The van der Waals surface area contributed by atoms with Crippen LogP contribution in [0.5, 0.6) is 0 Å². The summed E-state index contributed by atoms with van der Waals surface area (Å²) >= 11 is 5.25. The molecule has 3 aliphatic rings. The van der Waals surface area contributed by atoms with Gasteiger partial charge in [-0.1, -0.05) is 0 Å². The zero-order valence-electron chi connectivity index (χ0n) is 9.68. The summed E-state index contributed by atoms with van der Waals surface area (Å²) in [5, 5.41) is 10.4. The number of rotatable bonds is 3. The quantitative estimate of drug-likeness (QED) is 0.902. The van der Waals surface area contributed by atoms with Crippen LogP contribution in [0.3, 0.4) is 0 Å². The molecule has 0 aromatic carbocycles. The molecule has 2 bridgehead atoms. The molecule has 0 amide bonds. The van der Waals surface area contributed by atoms with Crippen LogP contribution in [0.1, 0.15) is 24.1 Å². The lowest BCUT2D eigenvalue weighted by atomic mass is 9.97. The molecule has 17 heavy (non-hydrogen) atoms. The molecule has 5 atom stereocenters. The van der Waals surface area contributed by atoms with E-state index in [0.29, 0.717) is 5.92 Å². The van der Waals surface area contributed by atoms with Gasteiger partial charge >= 0.3 is 0 Å². The Morgan fingerprint density at radius 2 is 2.00 bits per heavy atom. The molecule has 3 saturated carbocycles. The molecule has 3 aliphatic carbocycles. The Labute approximate surface area is 114 Å². The van der Waals surface area contributed by atoms with Crippen molar-refractivity contribution in [2.75, 3.05) is 0 Å². The smallest absolute Gasteiger partial charge is 0.0701 e. The third kappa shape index (κ3) is 1.66. The Kier molecular flexibility index (Phi) is 2.47. The van der Waals surface area contributed by atoms with E-state index in [1.165, 1.54) is 27.9 Å². The molecule has 0 aliphatic heterocycles. The number of halogens is 1. The Morgan fingerprint density at radius 3 is 2.59 bits per heavy atom. The van der Waals surface area contributed by atoms with Crippen LogP contribution in [0.2, 0.25) is 0 Å². The van der Waals surface area contributed by atoms with Gasteiger partial charge in [0.2, 0.25) is 0 Å². The lowest BCUT2D eigenvalue weighted by Crippen LogP contribution is -2.17. The summed E-state index contributed by atoms with van der Waals surface area (Å²) < 4.78 is 1.18. The van der Waals surface area contributed by atoms with Crippen molar-refractivity contribution in [3.63, 3.8) is 0 Å². The standard InChI is InChI=1S/C14H17BrOS/c15-11-4-3-9(17-11)6-10(16)14-12-7-1-2-8(5-7)13(12)14/h3-4,7-8,10,12-14,16H,1-2,5-6H2. The van der Waals surface area contributed by atoms with Crippen LogP contribution in [0.25, 0.3) is 0 Å². The zero-order valence-corrected chi connectivity index (χ0v) is 12.1. The fourth-order valence-electron chi connectivity index (χ4n) is 4.71. The van der Waals surface area contributed by atoms with Crippen molar-refractivity contribution in [3.05, 3.63) is 20.8 Å². The van der Waals surface area contributed by atoms with Crippen molar-refractivity contribution in [2.45, 2.75) is 31.8 Å². The summed E-state index contributed by atoms with van der Waals surface area (Å²) in [6.45, 7) is 0. The predicted octanol–water partition coefficient (Wildman–Crippen LogP) is 3.71. The number of hydrogen-bond donors (Lipinski definition) is 1. The average molecular weight is 313 g/mol. The highest BCUT2D eigenvalue weighted by molar-refractivity contribution is 9.11. The van der Waals surface area contributed by atoms with Crippen LogP contribution in [-0.2, 0) is 6.42 Å². The van der Waals surface area contributed by atoms with Crippen LogP contribution in [0.4, 0.5) is 0 Å². The largest absolute Gasteiger partial charge is 0.392 e. The second kappa shape index (κ2) is 3.82. The Hall–Kier alpha value is 0.140. The SMILES string of the molecule is OC(Cc1ccc(Br)s1)C1C2C3CCC(C3)C12. The van der Waals surface area contributed by atoms with E-state index in [0.717, 1.165) is 30.1 Å². The number of aliphatic hydroxyl groups is 1. The number of aliphatic hydroxyl groups excluding tert-OH is 1. The molecule has 92 valence electrons. The second-order valence-corrected chi connectivity index (χ2v) is 8.59. The van der Waals surface area contributed by atoms with Crippen LogP contribution < -0.4 is 0 Å². The summed E-state index contributed by atoms with van der Waals surface area (Å²) in [5.74, 6) is 4.38. The molecule has 1 heterocycles. The van der Waals surface area contributed by atoms with Crippen LogP contribution >= 0.6 is 27.3 Å². The van der Waals surface area contributed by atoms with Crippen molar-refractivity contribution >= 4 is 27.3 Å². The molecule has 0 radical (unpaired) electrons. The van der Waals surface area contributed by atoms with E-state index in [1.807, 2.05) is 0 Å². The summed E-state index contributed by atoms with van der Waals surface area (Å²) in [7, 11) is 0. The maximum Gasteiger partial charge on any atom is 0.0701 e. The maximum absolute atomic E-state index is 10.4. The van der Waals surface area contributed by atoms with Crippen molar-refractivity contribution in [2.24, 2.45) is 29.6 Å². The van der Waals surface area contributed by atoms with E-state index in [-0.39, 0.29) is 6.10 Å². The molecule has 0 saturated heterocycles. The van der Waals surface area contributed by atoms with Gasteiger partial charge in [-0.25, -0.2) is 0 Å². The van der Waals surface area contributed by atoms with Gasteiger partial charge in [-0.15, -0.1) is 11.3 Å². The Morgan fingerprint density at radius 1 is 1.29 bits per heavy atom. The first kappa shape index (κ1) is 11.0. The normalized spacial score (nSPS) is 43.8. The van der Waals surface area contributed by atoms with Gasteiger partial charge < -0.3 is 5.11 Å². The first-order valence-electron chi connectivity index (χ1n) is 6.66. The molecule has 1 N–H and O–H groups in total. The molecular formula is C14H17BrOS. The third-order valence-electron chi connectivity index (χ3n) is 5.28. The van der Waals surface area contributed by atoms with Gasteiger partial charge in [-0.05, 0) is 76.9 Å². The fourth-order valence-corrected chi connectivity index (χ4v) is 6.24. The van der Waals surface area contributed by atoms with Gasteiger partial charge in [-0.3, -0.25) is 0 Å². The molecule has 1 aromatic heterocycles. The van der Waals surface area contributed by atoms with Gasteiger partial charge in [-0.2, -0.15) is 0 Å². The zero-order chi connectivity index (χ0) is 11.6. The maximum atomic E-state index is 10.4. The summed E-state index contributed by atoms with van der Waals surface area (Å²) in [6, 6.07) is 4.23. The molecule has 5 unspecified atom stereocenters. The molecule has 0 spiro atoms. The lowest BCUT2D eigenvalue weighted by Gasteiger charge is -2.14. The number of hydrogen-bond acceptors (Lipinski definition) is 2. The molecule has 1 nitrogen and oxygen atoms in total. The van der Waals surface area contributed by atoms with Crippen molar-refractivity contribution in [1.29, 1.82) is 0 Å². The number of thiophene rings is 1. The Bertz CT molecular complexity index is 427. The van der Waals surface area contributed by atoms with Crippen molar-refractivity contribution in [3.8, 4) is 0 Å². The molecule has 4 rings (SSSR count). The van der Waals surface area contributed by atoms with Crippen molar-refractivity contribution < 1.29 is 5.11 Å². The third-order valence-corrected chi connectivity index (χ3v) is 6.92. The topological polar surface area (TPSA) is 20.2 Å². The van der Waals surface area contributed by atoms with E-state index in [9.17, 15) is 5.11 Å². The molecular weight excluding hydrogens is 296 g/mol. The van der Waals surface area contributed by atoms with Crippen LogP contribution in [-0.4, -0.2) is 11.2 Å². The lowest BCUT2D eigenvalue weighted by molar-refractivity contribution is 0.129. The van der Waals surface area contributed by atoms with Gasteiger partial charge in [0.25, 0.3) is 0 Å². The van der Waals surface area contributed by atoms with Gasteiger partial charge in [0.1, 0.15) is 0 Å². The predicted molar refractivity (Wildman–Crippen MR) is 73.0 cm³/mol. The van der Waals surface area contributed by atoms with E-state index < -0.39 is 0 Å². The average Bonchev–Trinajstić information content (AvgIpc) is 2.65. The minimum Gasteiger partial charge on any atom is -0.392 e. The summed E-state index contributed by atoms with van der Waals surface area (Å²) in [6.07, 6.45) is 5.15. The fraction of sp³-hybridized carbons (Fsp3) is 0.714. The minimum absolute atomic E-state index is 0.0843. The number of fused-ring (bicyclic) bond motifs is 5. The van der Waals surface area contributed by atoms with E-state index >= 15 is 0 Å². The molecule has 1 aromatic rings. The first-order valence-corrected chi connectivity index (χ1v) is 8.27. The summed E-state index contributed by atoms with van der Waals surface area (Å²) in [5.41, 5.74) is 0. The highest BCUT2D eigenvalue weighted by Gasteiger charge is 2.66. The van der Waals surface area contributed by atoms with Gasteiger partial charge in [0.05, 0.1) is 9.89 Å². The monoisotopic (exact) mass is 312 g/mol. The second-order valence-electron chi connectivity index (χ2n) is 6.04. The van der Waals surface area contributed by atoms with Gasteiger partial charge in [0.15, 0.2) is 0 Å². The van der Waals surface area contributed by atoms with Crippen molar-refractivity contribution in [1.82, 2.24) is 0 Å². The summed E-state index contributed by atoms with van der Waals surface area (Å²) in [4.78, 5) is 1.32. The Balaban J connectivity index is 1.44. The van der Waals surface area contributed by atoms with Gasteiger partial charge in [0, 0.05) is 11.3 Å². The molecule has 3 heteroatoms. The van der Waals surface area contributed by atoms with Crippen LogP contribution in [0, 0.1) is 29.6 Å². The molecule has 3 fully saturated rings. The minimum atomic E-state index is -0.0843. The van der Waals surface area contributed by atoms with E-state index in [2.05, 4.69) is 28.1 Å². The van der Waals surface area contributed by atoms with E-state index in [4.69, 9.17) is 0 Å². The van der Waals surface area contributed by atoms with Crippen LogP contribution in [0.15, 0.2) is 15.9 Å². The van der Waals surface area contributed by atoms with E-state index in [1.54, 1.807) is 11.3 Å². The highest BCUT2D eigenvalue weighted by atomic mass is 79.9. The first-order chi connectivity index (χ1) is 8.24.